The molecule has 2 aliphatic carbocycles. The Balaban J connectivity index is 1.54. The van der Waals surface area contributed by atoms with E-state index in [0.717, 1.165) is 0 Å². The van der Waals surface area contributed by atoms with E-state index in [4.69, 9.17) is 18.9 Å². The first-order chi connectivity index (χ1) is 12.7. The zero-order valence-corrected chi connectivity index (χ0v) is 15.8. The van der Waals surface area contributed by atoms with E-state index in [1.165, 1.54) is 0 Å². The lowest BCUT2D eigenvalue weighted by Crippen LogP contribution is -2.44. The summed E-state index contributed by atoms with van der Waals surface area (Å²) in [5.41, 5.74) is -0.770. The predicted molar refractivity (Wildman–Crippen MR) is 91.4 cm³/mol. The van der Waals surface area contributed by atoms with Crippen LogP contribution < -0.4 is 0 Å². The Hall–Kier alpha value is -1.44. The number of ether oxygens (including phenoxy) is 4. The third-order valence-corrected chi connectivity index (χ3v) is 7.58. The quantitative estimate of drug-likeness (QED) is 0.444. The van der Waals surface area contributed by atoms with Crippen molar-refractivity contribution < 1.29 is 33.6 Å². The minimum atomic E-state index is -0.681. The summed E-state index contributed by atoms with van der Waals surface area (Å²) in [5, 5.41) is 10.9. The molecule has 0 amide bonds. The summed E-state index contributed by atoms with van der Waals surface area (Å²) in [7, 11) is 0. The van der Waals surface area contributed by atoms with Gasteiger partial charge in [-0.15, -0.1) is 0 Å². The highest BCUT2D eigenvalue weighted by molar-refractivity contribution is 5.91. The van der Waals surface area contributed by atoms with Gasteiger partial charge in [0.2, 0.25) is 0 Å². The van der Waals surface area contributed by atoms with E-state index in [1.807, 2.05) is 20.8 Å². The fourth-order valence-electron chi connectivity index (χ4n) is 5.74. The molecule has 3 saturated heterocycles. The Labute approximate surface area is 158 Å². The Kier molecular flexibility index (Phi) is 3.49. The van der Waals surface area contributed by atoms with Crippen molar-refractivity contribution in [3.63, 3.8) is 0 Å². The normalized spacial score (nSPS) is 53.1. The molecule has 10 atom stereocenters. The molecule has 0 unspecified atom stereocenters. The maximum Gasteiger partial charge on any atom is 0.334 e. The lowest BCUT2D eigenvalue weighted by molar-refractivity contribution is -0.158. The molecule has 0 aromatic rings. The van der Waals surface area contributed by atoms with Crippen LogP contribution in [0.3, 0.4) is 0 Å². The van der Waals surface area contributed by atoms with Crippen molar-refractivity contribution in [2.45, 2.75) is 69.2 Å². The molecule has 5 fully saturated rings. The highest BCUT2D eigenvalue weighted by Gasteiger charge is 2.81. The molecule has 3 heterocycles. The fraction of sp³-hybridized carbons (Fsp3) is 0.800. The average molecular weight is 378 g/mol. The number of fused-ring (bicyclic) bond motifs is 6. The van der Waals surface area contributed by atoms with Crippen LogP contribution in [0.15, 0.2) is 12.2 Å². The highest BCUT2D eigenvalue weighted by atomic mass is 16.6. The van der Waals surface area contributed by atoms with Crippen molar-refractivity contribution in [2.75, 3.05) is 6.61 Å². The smallest absolute Gasteiger partial charge is 0.334 e. The second kappa shape index (κ2) is 5.33. The van der Waals surface area contributed by atoms with Crippen LogP contribution in [0.1, 0.15) is 33.6 Å². The van der Waals surface area contributed by atoms with Crippen LogP contribution in [-0.4, -0.2) is 59.3 Å². The summed E-state index contributed by atoms with van der Waals surface area (Å²) in [5.74, 6) is -1.83. The second-order valence-corrected chi connectivity index (χ2v) is 9.03. The maximum atomic E-state index is 12.5. The van der Waals surface area contributed by atoms with Gasteiger partial charge in [0.05, 0.1) is 24.5 Å². The van der Waals surface area contributed by atoms with Gasteiger partial charge in [-0.1, -0.05) is 20.4 Å². The highest BCUT2D eigenvalue weighted by Crippen LogP contribution is 2.67. The van der Waals surface area contributed by atoms with Crippen LogP contribution in [0.5, 0.6) is 0 Å². The zero-order chi connectivity index (χ0) is 19.3. The Bertz CT molecular complexity index is 728. The van der Waals surface area contributed by atoms with E-state index in [2.05, 4.69) is 6.58 Å². The van der Waals surface area contributed by atoms with Gasteiger partial charge in [-0.2, -0.15) is 0 Å². The first-order valence-corrected chi connectivity index (χ1v) is 9.83. The SMILES string of the molecule is C=C1C(=O)O[C@H]2[C@H]1[C@H](OC(=O)[C@H](C)CC)C[C@]1(CO1)[C@@H]1[C@H](O)[C@H]3O[C@@]3(C)[C@H]21. The van der Waals surface area contributed by atoms with E-state index in [9.17, 15) is 14.7 Å². The lowest BCUT2D eigenvalue weighted by Gasteiger charge is -2.33. The lowest BCUT2D eigenvalue weighted by atomic mass is 9.76. The topological polar surface area (TPSA) is 97.9 Å². The minimum absolute atomic E-state index is 0.208. The molecule has 27 heavy (non-hydrogen) atoms. The first kappa shape index (κ1) is 17.6. The van der Waals surface area contributed by atoms with Crippen LogP contribution in [0.25, 0.3) is 0 Å². The molecule has 3 aliphatic heterocycles. The molecular weight excluding hydrogens is 352 g/mol. The molecule has 0 aromatic heterocycles. The molecule has 5 aliphatic rings. The first-order valence-electron chi connectivity index (χ1n) is 9.83. The van der Waals surface area contributed by atoms with Crippen LogP contribution in [0, 0.1) is 23.7 Å². The van der Waals surface area contributed by atoms with Gasteiger partial charge in [-0.3, -0.25) is 4.79 Å². The van der Waals surface area contributed by atoms with Gasteiger partial charge in [-0.05, 0) is 13.3 Å². The second-order valence-electron chi connectivity index (χ2n) is 9.03. The van der Waals surface area contributed by atoms with Gasteiger partial charge in [0.25, 0.3) is 0 Å². The number of carbonyl (C=O) groups excluding carboxylic acids is 2. The van der Waals surface area contributed by atoms with Crippen molar-refractivity contribution in [2.24, 2.45) is 23.7 Å². The number of rotatable bonds is 3. The number of aliphatic hydroxyl groups excluding tert-OH is 1. The number of epoxide rings is 2. The molecule has 0 radical (unpaired) electrons. The number of carbonyl (C=O) groups is 2. The summed E-state index contributed by atoms with van der Waals surface area (Å²) in [6.45, 7) is 10.2. The van der Waals surface area contributed by atoms with Gasteiger partial charge in [0, 0.05) is 23.8 Å². The Morgan fingerprint density at radius 2 is 2.15 bits per heavy atom. The van der Waals surface area contributed by atoms with E-state index in [-0.39, 0.29) is 29.8 Å². The summed E-state index contributed by atoms with van der Waals surface area (Å²) >= 11 is 0. The minimum Gasteiger partial charge on any atom is -0.461 e. The van der Waals surface area contributed by atoms with Crippen molar-refractivity contribution in [1.29, 1.82) is 0 Å². The van der Waals surface area contributed by atoms with Gasteiger partial charge in [0.1, 0.15) is 29.5 Å². The van der Waals surface area contributed by atoms with Crippen molar-refractivity contribution in [3.8, 4) is 0 Å². The zero-order valence-electron chi connectivity index (χ0n) is 15.8. The largest absolute Gasteiger partial charge is 0.461 e. The molecule has 0 aromatic carbocycles. The summed E-state index contributed by atoms with van der Waals surface area (Å²) in [4.78, 5) is 24.9. The van der Waals surface area contributed by atoms with Crippen LogP contribution in [0.2, 0.25) is 0 Å². The van der Waals surface area contributed by atoms with Crippen molar-refractivity contribution >= 4 is 11.9 Å². The van der Waals surface area contributed by atoms with Crippen molar-refractivity contribution in [3.05, 3.63) is 12.2 Å². The molecule has 7 nitrogen and oxygen atoms in total. The Morgan fingerprint density at radius 1 is 1.44 bits per heavy atom. The molecule has 7 heteroatoms. The standard InChI is InChI=1S/C20H26O7/c1-5-8(2)17(22)25-10-6-20(7-24-20)12-13(19(4)16(27-19)14(12)21)15-11(10)9(3)18(23)26-15/h8,10-16,21H,3,5-7H2,1-2,4H3/t8-,10-,11-,12+,13+,14+,15+,16-,19+,20+/m1/s1. The molecular formula is C20H26O7. The molecule has 2 saturated carbocycles. The number of esters is 2. The van der Waals surface area contributed by atoms with Crippen LogP contribution >= 0.6 is 0 Å². The summed E-state index contributed by atoms with van der Waals surface area (Å²) in [6.07, 6.45) is -0.917. The molecule has 0 bridgehead atoms. The summed E-state index contributed by atoms with van der Waals surface area (Å²) < 4.78 is 23.3. The Morgan fingerprint density at radius 3 is 2.78 bits per heavy atom. The van der Waals surface area contributed by atoms with E-state index >= 15 is 0 Å². The third-order valence-electron chi connectivity index (χ3n) is 7.58. The fourth-order valence-corrected chi connectivity index (χ4v) is 5.74. The van der Waals surface area contributed by atoms with E-state index in [1.54, 1.807) is 0 Å². The van der Waals surface area contributed by atoms with Crippen LogP contribution in [0.4, 0.5) is 0 Å². The molecule has 5 rings (SSSR count). The number of aliphatic hydroxyl groups is 1. The van der Waals surface area contributed by atoms with Gasteiger partial charge in [-0.25, -0.2) is 4.79 Å². The predicted octanol–water partition coefficient (Wildman–Crippen LogP) is 0.979. The van der Waals surface area contributed by atoms with Crippen LogP contribution in [-0.2, 0) is 28.5 Å². The molecule has 1 N–H and O–H groups in total. The van der Waals surface area contributed by atoms with E-state index < -0.39 is 41.4 Å². The maximum absolute atomic E-state index is 12.5. The van der Waals surface area contributed by atoms with Gasteiger partial charge >= 0.3 is 11.9 Å². The molecule has 1 spiro atoms. The number of hydrogen-bond donors (Lipinski definition) is 1. The average Bonchev–Trinajstić information content (AvgIpc) is 3.50. The molecule has 148 valence electrons. The summed E-state index contributed by atoms with van der Waals surface area (Å²) in [6, 6.07) is 0. The van der Waals surface area contributed by atoms with Gasteiger partial charge < -0.3 is 24.1 Å². The monoisotopic (exact) mass is 378 g/mol. The van der Waals surface area contributed by atoms with Gasteiger partial charge in [0.15, 0.2) is 0 Å². The number of hydrogen-bond acceptors (Lipinski definition) is 7. The van der Waals surface area contributed by atoms with Crippen molar-refractivity contribution in [1.82, 2.24) is 0 Å². The third kappa shape index (κ3) is 2.19. The van der Waals surface area contributed by atoms with E-state index in [0.29, 0.717) is 25.0 Å².